The van der Waals surface area contributed by atoms with Gasteiger partial charge in [0.05, 0.1) is 11.1 Å². The quantitative estimate of drug-likeness (QED) is 0.748. The van der Waals surface area contributed by atoms with Crippen molar-refractivity contribution in [2.75, 3.05) is 5.32 Å². The molecule has 0 unspecified atom stereocenters. The van der Waals surface area contributed by atoms with Crippen molar-refractivity contribution in [3.05, 3.63) is 65.9 Å². The van der Waals surface area contributed by atoms with Gasteiger partial charge in [-0.25, -0.2) is 0 Å². The fourth-order valence-electron chi connectivity index (χ4n) is 2.41. The second-order valence-electron chi connectivity index (χ2n) is 5.09. The molecule has 1 aromatic heterocycles. The summed E-state index contributed by atoms with van der Waals surface area (Å²) >= 11 is 0. The Morgan fingerprint density at radius 2 is 1.82 bits per heavy atom. The molecule has 1 amide bonds. The third kappa shape index (κ3) is 2.35. The van der Waals surface area contributed by atoms with Crippen LogP contribution in [0.15, 0.2) is 54.7 Å². The van der Waals surface area contributed by atoms with E-state index in [1.807, 2.05) is 6.92 Å². The Hall–Kier alpha value is -2.69. The number of para-hydroxylation sites is 2. The Bertz CT molecular complexity index is 825. The number of aryl methyl sites for hydroxylation is 1. The number of nitrogens with one attached hydrogen (secondary N) is 2. The first-order valence-corrected chi connectivity index (χ1v) is 6.81. The molecule has 112 valence electrons. The SMILES string of the molecule is Cc1c[nH]c2c(C(F)(F)C(=O)Nc3ccccc3)cccc12. The Kier molecular flexibility index (Phi) is 3.41. The van der Waals surface area contributed by atoms with Crippen molar-refractivity contribution in [3.63, 3.8) is 0 Å². The average Bonchev–Trinajstić information content (AvgIpc) is 2.90. The van der Waals surface area contributed by atoms with Crippen LogP contribution in [-0.2, 0) is 10.7 Å². The molecule has 0 aliphatic carbocycles. The normalized spacial score (nSPS) is 11.6. The highest BCUT2D eigenvalue weighted by Gasteiger charge is 2.42. The smallest absolute Gasteiger partial charge is 0.352 e. The highest BCUT2D eigenvalue weighted by atomic mass is 19.3. The maximum atomic E-state index is 14.5. The van der Waals surface area contributed by atoms with Crippen LogP contribution in [0.1, 0.15) is 11.1 Å². The first-order chi connectivity index (χ1) is 10.5. The zero-order valence-corrected chi connectivity index (χ0v) is 11.9. The summed E-state index contributed by atoms with van der Waals surface area (Å²) in [6.45, 7) is 1.82. The maximum absolute atomic E-state index is 14.5. The van der Waals surface area contributed by atoms with Crippen molar-refractivity contribution in [3.8, 4) is 0 Å². The van der Waals surface area contributed by atoms with E-state index in [1.165, 1.54) is 12.1 Å². The Labute approximate surface area is 126 Å². The molecule has 3 nitrogen and oxygen atoms in total. The number of aromatic amines is 1. The molecule has 5 heteroatoms. The largest absolute Gasteiger partial charge is 0.360 e. The van der Waals surface area contributed by atoms with Crippen molar-refractivity contribution < 1.29 is 13.6 Å². The van der Waals surface area contributed by atoms with E-state index in [0.29, 0.717) is 11.1 Å². The van der Waals surface area contributed by atoms with Gasteiger partial charge in [-0.15, -0.1) is 0 Å². The van der Waals surface area contributed by atoms with Crippen molar-refractivity contribution in [2.45, 2.75) is 12.8 Å². The van der Waals surface area contributed by atoms with Crippen LogP contribution in [0, 0.1) is 6.92 Å². The van der Waals surface area contributed by atoms with E-state index in [1.54, 1.807) is 42.6 Å². The van der Waals surface area contributed by atoms with Crippen LogP contribution in [0.2, 0.25) is 0 Å². The summed E-state index contributed by atoms with van der Waals surface area (Å²) < 4.78 is 29.1. The van der Waals surface area contributed by atoms with Gasteiger partial charge in [0.15, 0.2) is 0 Å². The molecule has 1 heterocycles. The minimum absolute atomic E-state index is 0.285. The molecule has 0 saturated heterocycles. The van der Waals surface area contributed by atoms with Gasteiger partial charge < -0.3 is 10.3 Å². The van der Waals surface area contributed by atoms with Crippen LogP contribution in [-0.4, -0.2) is 10.9 Å². The van der Waals surface area contributed by atoms with Gasteiger partial charge in [0.1, 0.15) is 0 Å². The maximum Gasteiger partial charge on any atom is 0.352 e. The number of benzene rings is 2. The predicted octanol–water partition coefficient (Wildman–Crippen LogP) is 4.21. The standard InChI is InChI=1S/C17H14F2N2O/c1-11-10-20-15-13(11)8-5-9-14(15)17(18,19)16(22)21-12-6-3-2-4-7-12/h2-10,20H,1H3,(H,21,22). The van der Waals surface area contributed by atoms with Gasteiger partial charge >= 0.3 is 5.92 Å². The average molecular weight is 300 g/mol. The van der Waals surface area contributed by atoms with E-state index in [0.717, 1.165) is 5.56 Å². The topological polar surface area (TPSA) is 44.9 Å². The molecule has 0 aliphatic heterocycles. The predicted molar refractivity (Wildman–Crippen MR) is 82.0 cm³/mol. The number of fused-ring (bicyclic) bond motifs is 1. The minimum atomic E-state index is -3.63. The first-order valence-electron chi connectivity index (χ1n) is 6.81. The molecular weight excluding hydrogens is 286 g/mol. The van der Waals surface area contributed by atoms with Crippen molar-refractivity contribution in [1.82, 2.24) is 4.98 Å². The summed E-state index contributed by atoms with van der Waals surface area (Å²) in [6.07, 6.45) is 1.65. The lowest BCUT2D eigenvalue weighted by molar-refractivity contribution is -0.140. The van der Waals surface area contributed by atoms with Crippen molar-refractivity contribution in [2.24, 2.45) is 0 Å². The fraction of sp³-hybridized carbons (Fsp3) is 0.118. The monoisotopic (exact) mass is 300 g/mol. The number of amides is 1. The molecular formula is C17H14F2N2O. The number of H-pyrrole nitrogens is 1. The van der Waals surface area contributed by atoms with Crippen LogP contribution < -0.4 is 5.32 Å². The second-order valence-corrected chi connectivity index (χ2v) is 5.09. The zero-order chi connectivity index (χ0) is 15.7. The Morgan fingerprint density at radius 1 is 1.09 bits per heavy atom. The molecule has 0 spiro atoms. The number of halogens is 2. The molecule has 0 saturated carbocycles. The van der Waals surface area contributed by atoms with Crippen LogP contribution in [0.5, 0.6) is 0 Å². The van der Waals surface area contributed by atoms with Gasteiger partial charge in [-0.3, -0.25) is 4.79 Å². The fourth-order valence-corrected chi connectivity index (χ4v) is 2.41. The summed E-state index contributed by atoms with van der Waals surface area (Å²) in [5.41, 5.74) is 1.15. The van der Waals surface area contributed by atoms with Gasteiger partial charge in [0, 0.05) is 17.3 Å². The van der Waals surface area contributed by atoms with E-state index >= 15 is 0 Å². The van der Waals surface area contributed by atoms with E-state index in [4.69, 9.17) is 0 Å². The molecule has 22 heavy (non-hydrogen) atoms. The van der Waals surface area contributed by atoms with E-state index in [2.05, 4.69) is 10.3 Å². The molecule has 0 fully saturated rings. The summed E-state index contributed by atoms with van der Waals surface area (Å²) in [5, 5.41) is 2.93. The number of aromatic nitrogens is 1. The summed E-state index contributed by atoms with van der Waals surface area (Å²) in [4.78, 5) is 14.8. The number of anilines is 1. The molecule has 3 rings (SSSR count). The van der Waals surface area contributed by atoms with E-state index < -0.39 is 11.8 Å². The molecule has 0 aliphatic rings. The lowest BCUT2D eigenvalue weighted by Crippen LogP contribution is -2.32. The third-order valence-electron chi connectivity index (χ3n) is 3.58. The number of rotatable bonds is 3. The highest BCUT2D eigenvalue weighted by molar-refractivity contribution is 6.00. The molecule has 3 aromatic rings. The Balaban J connectivity index is 1.99. The lowest BCUT2D eigenvalue weighted by Gasteiger charge is -2.17. The number of hydrogen-bond donors (Lipinski definition) is 2. The summed E-state index contributed by atoms with van der Waals surface area (Å²) in [6, 6.07) is 12.8. The third-order valence-corrected chi connectivity index (χ3v) is 3.58. The van der Waals surface area contributed by atoms with Crippen LogP contribution >= 0.6 is 0 Å². The molecule has 2 aromatic carbocycles. The van der Waals surface area contributed by atoms with Crippen LogP contribution in [0.3, 0.4) is 0 Å². The number of alkyl halides is 2. The highest BCUT2D eigenvalue weighted by Crippen LogP contribution is 2.35. The van der Waals surface area contributed by atoms with Gasteiger partial charge in [0.25, 0.3) is 5.91 Å². The summed E-state index contributed by atoms with van der Waals surface area (Å²) in [7, 11) is 0. The molecule has 0 atom stereocenters. The van der Waals surface area contributed by atoms with Crippen LogP contribution in [0.25, 0.3) is 10.9 Å². The first kappa shape index (κ1) is 14.3. The van der Waals surface area contributed by atoms with Gasteiger partial charge in [-0.1, -0.05) is 36.4 Å². The molecule has 0 radical (unpaired) electrons. The number of hydrogen-bond acceptors (Lipinski definition) is 1. The number of carbonyl (C=O) groups is 1. The Morgan fingerprint density at radius 3 is 2.55 bits per heavy atom. The van der Waals surface area contributed by atoms with E-state index in [9.17, 15) is 13.6 Å². The second kappa shape index (κ2) is 5.26. The zero-order valence-electron chi connectivity index (χ0n) is 11.9. The van der Waals surface area contributed by atoms with Crippen molar-refractivity contribution in [1.29, 1.82) is 0 Å². The van der Waals surface area contributed by atoms with Crippen LogP contribution in [0.4, 0.5) is 14.5 Å². The number of carbonyl (C=O) groups excluding carboxylic acids is 1. The van der Waals surface area contributed by atoms with Gasteiger partial charge in [-0.2, -0.15) is 8.78 Å². The lowest BCUT2D eigenvalue weighted by atomic mass is 10.0. The van der Waals surface area contributed by atoms with Gasteiger partial charge in [0.2, 0.25) is 0 Å². The minimum Gasteiger partial charge on any atom is -0.360 e. The van der Waals surface area contributed by atoms with Gasteiger partial charge in [-0.05, 0) is 24.6 Å². The summed E-state index contributed by atoms with van der Waals surface area (Å²) in [5.74, 6) is -4.98. The molecule has 2 N–H and O–H groups in total. The molecule has 0 bridgehead atoms. The van der Waals surface area contributed by atoms with E-state index in [-0.39, 0.29) is 11.1 Å². The van der Waals surface area contributed by atoms with Crippen molar-refractivity contribution >= 4 is 22.5 Å².